The van der Waals surface area contributed by atoms with Gasteiger partial charge in [0, 0.05) is 5.92 Å². The van der Waals surface area contributed by atoms with Crippen molar-refractivity contribution in [1.29, 1.82) is 0 Å². The molecule has 0 aromatic heterocycles. The van der Waals surface area contributed by atoms with Crippen LogP contribution in [-0.4, -0.2) is 23.7 Å². The van der Waals surface area contributed by atoms with E-state index in [1.165, 1.54) is 0 Å². The van der Waals surface area contributed by atoms with Gasteiger partial charge in [-0.2, -0.15) is 0 Å². The number of nitrogens with one attached hydrogen (secondary N) is 1. The van der Waals surface area contributed by atoms with Gasteiger partial charge in [0.25, 0.3) is 0 Å². The zero-order chi connectivity index (χ0) is 11.8. The van der Waals surface area contributed by atoms with Crippen LogP contribution in [0.1, 0.15) is 34.6 Å². The van der Waals surface area contributed by atoms with Gasteiger partial charge in [-0.3, -0.25) is 4.79 Å². The highest BCUT2D eigenvalue weighted by atomic mass is 16.3. The zero-order valence-corrected chi connectivity index (χ0v) is 10.4. The standard InChI is InChI=1S/C12H23NO2/c1-7(2)9-8(6-14)13-11(15)10(9)12(3,4)5/h7-10,14H,6H2,1-5H3,(H,13,15)/t8-,9-,10-/m1/s1. The van der Waals surface area contributed by atoms with Crippen LogP contribution in [-0.2, 0) is 4.79 Å². The fourth-order valence-electron chi connectivity index (χ4n) is 2.76. The molecule has 0 saturated carbocycles. The zero-order valence-electron chi connectivity index (χ0n) is 10.4. The lowest BCUT2D eigenvalue weighted by molar-refractivity contribution is -0.126. The van der Waals surface area contributed by atoms with Crippen molar-refractivity contribution in [2.24, 2.45) is 23.2 Å². The van der Waals surface area contributed by atoms with E-state index >= 15 is 0 Å². The van der Waals surface area contributed by atoms with Crippen LogP contribution in [0.5, 0.6) is 0 Å². The molecular weight excluding hydrogens is 190 g/mol. The van der Waals surface area contributed by atoms with Crippen LogP contribution in [0, 0.1) is 23.2 Å². The highest BCUT2D eigenvalue weighted by Crippen LogP contribution is 2.41. The molecule has 1 amide bonds. The Morgan fingerprint density at radius 3 is 2.27 bits per heavy atom. The maximum atomic E-state index is 11.9. The summed E-state index contributed by atoms with van der Waals surface area (Å²) >= 11 is 0. The quantitative estimate of drug-likeness (QED) is 0.728. The molecule has 0 unspecified atom stereocenters. The molecule has 15 heavy (non-hydrogen) atoms. The minimum Gasteiger partial charge on any atom is -0.394 e. The van der Waals surface area contributed by atoms with E-state index in [-0.39, 0.29) is 35.8 Å². The molecule has 0 aliphatic carbocycles. The number of hydrogen-bond acceptors (Lipinski definition) is 2. The van der Waals surface area contributed by atoms with E-state index in [1.807, 2.05) is 0 Å². The van der Waals surface area contributed by atoms with Gasteiger partial charge in [0.15, 0.2) is 0 Å². The molecule has 1 saturated heterocycles. The number of aliphatic hydroxyl groups is 1. The average molecular weight is 213 g/mol. The van der Waals surface area contributed by atoms with Gasteiger partial charge in [-0.1, -0.05) is 34.6 Å². The topological polar surface area (TPSA) is 49.3 Å². The Balaban J connectivity index is 2.98. The first kappa shape index (κ1) is 12.5. The summed E-state index contributed by atoms with van der Waals surface area (Å²) in [6, 6.07) is -0.0678. The Morgan fingerprint density at radius 1 is 1.40 bits per heavy atom. The number of amides is 1. The third-order valence-electron chi connectivity index (χ3n) is 3.36. The summed E-state index contributed by atoms with van der Waals surface area (Å²) < 4.78 is 0. The summed E-state index contributed by atoms with van der Waals surface area (Å²) in [5.74, 6) is 0.753. The molecule has 1 aliphatic heterocycles. The minimum absolute atomic E-state index is 0.00894. The molecule has 88 valence electrons. The molecule has 1 rings (SSSR count). The summed E-state index contributed by atoms with van der Waals surface area (Å²) in [4.78, 5) is 11.9. The van der Waals surface area contributed by atoms with Crippen molar-refractivity contribution < 1.29 is 9.90 Å². The summed E-state index contributed by atoms with van der Waals surface area (Å²) in [5, 5.41) is 12.2. The van der Waals surface area contributed by atoms with Gasteiger partial charge in [-0.25, -0.2) is 0 Å². The van der Waals surface area contributed by atoms with Crippen molar-refractivity contribution in [1.82, 2.24) is 5.32 Å². The Bertz CT molecular complexity index is 242. The van der Waals surface area contributed by atoms with Crippen molar-refractivity contribution in [3.63, 3.8) is 0 Å². The number of aliphatic hydroxyl groups excluding tert-OH is 1. The van der Waals surface area contributed by atoms with Gasteiger partial charge in [-0.05, 0) is 17.3 Å². The first-order chi connectivity index (χ1) is 6.79. The maximum absolute atomic E-state index is 11.9. The Kier molecular flexibility index (Phi) is 3.44. The SMILES string of the molecule is CC(C)[C@@H]1[C@@H](CO)NC(=O)[C@@H]1C(C)(C)C. The Labute approximate surface area is 92.3 Å². The van der Waals surface area contributed by atoms with Crippen LogP contribution in [0.15, 0.2) is 0 Å². The predicted octanol–water partition coefficient (Wildman–Crippen LogP) is 1.41. The lowest BCUT2D eigenvalue weighted by Gasteiger charge is -2.33. The molecule has 1 fully saturated rings. The monoisotopic (exact) mass is 213 g/mol. The fourth-order valence-corrected chi connectivity index (χ4v) is 2.76. The Hall–Kier alpha value is -0.570. The molecule has 1 heterocycles. The lowest BCUT2D eigenvalue weighted by Crippen LogP contribution is -2.36. The molecule has 3 nitrogen and oxygen atoms in total. The van der Waals surface area contributed by atoms with Gasteiger partial charge in [0.2, 0.25) is 5.91 Å². The average Bonchev–Trinajstić information content (AvgIpc) is 2.41. The highest BCUT2D eigenvalue weighted by molar-refractivity contribution is 5.82. The first-order valence-corrected chi connectivity index (χ1v) is 5.70. The third kappa shape index (κ3) is 2.33. The minimum atomic E-state index is -0.0678. The van der Waals surface area contributed by atoms with Gasteiger partial charge in [0.05, 0.1) is 12.6 Å². The van der Waals surface area contributed by atoms with Gasteiger partial charge < -0.3 is 10.4 Å². The molecule has 0 bridgehead atoms. The van der Waals surface area contributed by atoms with Crippen LogP contribution in [0.2, 0.25) is 0 Å². The second-order valence-corrected chi connectivity index (χ2v) is 5.96. The molecule has 0 aromatic rings. The summed E-state index contributed by atoms with van der Waals surface area (Å²) in [6.07, 6.45) is 0. The summed E-state index contributed by atoms with van der Waals surface area (Å²) in [7, 11) is 0. The third-order valence-corrected chi connectivity index (χ3v) is 3.36. The van der Waals surface area contributed by atoms with E-state index in [2.05, 4.69) is 39.9 Å². The van der Waals surface area contributed by atoms with Gasteiger partial charge in [0.1, 0.15) is 0 Å². The van der Waals surface area contributed by atoms with E-state index in [4.69, 9.17) is 0 Å². The molecule has 3 atom stereocenters. The predicted molar refractivity (Wildman–Crippen MR) is 60.3 cm³/mol. The van der Waals surface area contributed by atoms with Crippen molar-refractivity contribution >= 4 is 5.91 Å². The lowest BCUT2D eigenvalue weighted by atomic mass is 9.69. The number of carbonyl (C=O) groups is 1. The van der Waals surface area contributed by atoms with Crippen molar-refractivity contribution in [3.05, 3.63) is 0 Å². The summed E-state index contributed by atoms with van der Waals surface area (Å²) in [6.45, 7) is 10.5. The smallest absolute Gasteiger partial charge is 0.224 e. The number of rotatable bonds is 2. The normalized spacial score (nSPS) is 32.2. The number of carbonyl (C=O) groups excluding carboxylic acids is 1. The number of hydrogen-bond donors (Lipinski definition) is 2. The molecule has 0 radical (unpaired) electrons. The molecule has 0 aromatic carbocycles. The highest BCUT2D eigenvalue weighted by Gasteiger charge is 2.48. The van der Waals surface area contributed by atoms with E-state index in [0.717, 1.165) is 0 Å². The van der Waals surface area contributed by atoms with E-state index in [0.29, 0.717) is 5.92 Å². The van der Waals surface area contributed by atoms with Crippen LogP contribution >= 0.6 is 0 Å². The van der Waals surface area contributed by atoms with Crippen LogP contribution in [0.4, 0.5) is 0 Å². The molecule has 3 heteroatoms. The molecule has 0 spiro atoms. The van der Waals surface area contributed by atoms with Crippen molar-refractivity contribution in [2.45, 2.75) is 40.7 Å². The largest absolute Gasteiger partial charge is 0.394 e. The molecule has 2 N–H and O–H groups in total. The maximum Gasteiger partial charge on any atom is 0.224 e. The van der Waals surface area contributed by atoms with Crippen molar-refractivity contribution in [3.8, 4) is 0 Å². The van der Waals surface area contributed by atoms with E-state index < -0.39 is 0 Å². The van der Waals surface area contributed by atoms with E-state index in [9.17, 15) is 9.90 Å². The molecule has 1 aliphatic rings. The molecular formula is C12H23NO2. The van der Waals surface area contributed by atoms with E-state index in [1.54, 1.807) is 0 Å². The van der Waals surface area contributed by atoms with Crippen molar-refractivity contribution in [2.75, 3.05) is 6.61 Å². The fraction of sp³-hybridized carbons (Fsp3) is 0.917. The van der Waals surface area contributed by atoms with Crippen LogP contribution in [0.25, 0.3) is 0 Å². The second kappa shape index (κ2) is 4.12. The van der Waals surface area contributed by atoms with Gasteiger partial charge >= 0.3 is 0 Å². The van der Waals surface area contributed by atoms with Gasteiger partial charge in [-0.15, -0.1) is 0 Å². The Morgan fingerprint density at radius 2 is 1.93 bits per heavy atom. The van der Waals surface area contributed by atoms with Crippen LogP contribution in [0.3, 0.4) is 0 Å². The summed E-state index contributed by atoms with van der Waals surface area (Å²) in [5.41, 5.74) is -0.0388. The first-order valence-electron chi connectivity index (χ1n) is 5.70. The second-order valence-electron chi connectivity index (χ2n) is 5.96. The van der Waals surface area contributed by atoms with Crippen LogP contribution < -0.4 is 5.32 Å².